The van der Waals surface area contributed by atoms with Crippen LogP contribution in [0.15, 0.2) is 24.3 Å². The minimum absolute atomic E-state index is 0.0713. The van der Waals surface area contributed by atoms with E-state index in [1.165, 1.54) is 0 Å². The largest absolute Gasteiger partial charge is 0.491 e. The van der Waals surface area contributed by atoms with Crippen molar-refractivity contribution in [3.63, 3.8) is 0 Å². The topological polar surface area (TPSA) is 88.0 Å². The summed E-state index contributed by atoms with van der Waals surface area (Å²) in [5, 5.41) is 20.8. The lowest BCUT2D eigenvalue weighted by Crippen LogP contribution is -2.23. The molecule has 0 spiro atoms. The van der Waals surface area contributed by atoms with Crippen molar-refractivity contribution >= 4 is 11.6 Å². The molecule has 6 nitrogen and oxygen atoms in total. The fourth-order valence-electron chi connectivity index (χ4n) is 1.45. The Morgan fingerprint density at radius 3 is 2.60 bits per heavy atom. The molecular weight excluding hydrogens is 262 g/mol. The molecule has 1 aromatic carbocycles. The van der Waals surface area contributed by atoms with Gasteiger partial charge in [-0.2, -0.15) is 0 Å². The maximum Gasteiger partial charge on any atom is 0.226 e. The van der Waals surface area contributed by atoms with Gasteiger partial charge in [-0.05, 0) is 31.2 Å². The Hall–Kier alpha value is -1.63. The van der Waals surface area contributed by atoms with Gasteiger partial charge in [-0.25, -0.2) is 0 Å². The van der Waals surface area contributed by atoms with Crippen molar-refractivity contribution in [1.82, 2.24) is 0 Å². The highest BCUT2D eigenvalue weighted by atomic mass is 16.5. The van der Waals surface area contributed by atoms with Gasteiger partial charge in [-0.3, -0.25) is 4.79 Å². The zero-order chi connectivity index (χ0) is 14.8. The van der Waals surface area contributed by atoms with Gasteiger partial charge in [0.05, 0.1) is 19.6 Å². The summed E-state index contributed by atoms with van der Waals surface area (Å²) < 4.78 is 10.5. The van der Waals surface area contributed by atoms with Gasteiger partial charge in [-0.1, -0.05) is 0 Å². The number of aliphatic hydroxyl groups is 2. The molecule has 1 amide bonds. The third kappa shape index (κ3) is 6.51. The number of carbonyl (C=O) groups excluding carboxylic acids is 1. The minimum atomic E-state index is -0.668. The number of carbonyl (C=O) groups is 1. The van der Waals surface area contributed by atoms with Crippen molar-refractivity contribution in [3.8, 4) is 5.75 Å². The second kappa shape index (κ2) is 9.30. The number of amides is 1. The summed E-state index contributed by atoms with van der Waals surface area (Å²) in [5.74, 6) is 0.356. The molecule has 0 aliphatic rings. The summed E-state index contributed by atoms with van der Waals surface area (Å²) in [6.07, 6.45) is -0.596. The molecule has 20 heavy (non-hydrogen) atoms. The second-order valence-corrected chi connectivity index (χ2v) is 4.17. The van der Waals surface area contributed by atoms with E-state index in [-0.39, 0.29) is 32.1 Å². The van der Waals surface area contributed by atoms with Crippen LogP contribution in [0.2, 0.25) is 0 Å². The van der Waals surface area contributed by atoms with Gasteiger partial charge < -0.3 is 25.0 Å². The monoisotopic (exact) mass is 283 g/mol. The van der Waals surface area contributed by atoms with Crippen molar-refractivity contribution < 1.29 is 24.5 Å². The van der Waals surface area contributed by atoms with Gasteiger partial charge in [0.1, 0.15) is 18.5 Å². The van der Waals surface area contributed by atoms with E-state index >= 15 is 0 Å². The van der Waals surface area contributed by atoms with Crippen LogP contribution in [0.25, 0.3) is 0 Å². The van der Waals surface area contributed by atoms with E-state index in [1.54, 1.807) is 24.3 Å². The van der Waals surface area contributed by atoms with Gasteiger partial charge in [0.2, 0.25) is 5.91 Å². The summed E-state index contributed by atoms with van der Waals surface area (Å²) in [4.78, 5) is 11.3. The first kappa shape index (κ1) is 16.4. The molecule has 0 heterocycles. The van der Waals surface area contributed by atoms with Crippen molar-refractivity contribution in [2.24, 2.45) is 0 Å². The van der Waals surface area contributed by atoms with Crippen LogP contribution in [0.5, 0.6) is 5.75 Å². The summed E-state index contributed by atoms with van der Waals surface area (Å²) in [6.45, 7) is 2.63. The van der Waals surface area contributed by atoms with Crippen LogP contribution in [-0.2, 0) is 9.53 Å². The highest BCUT2D eigenvalue weighted by molar-refractivity contribution is 5.90. The van der Waals surface area contributed by atoms with Crippen LogP contribution in [0, 0.1) is 0 Å². The average Bonchev–Trinajstić information content (AvgIpc) is 2.44. The van der Waals surface area contributed by atoms with Gasteiger partial charge in [0.25, 0.3) is 0 Å². The summed E-state index contributed by atoms with van der Waals surface area (Å²) in [5.41, 5.74) is 0.630. The van der Waals surface area contributed by atoms with E-state index in [0.717, 1.165) is 0 Å². The van der Waals surface area contributed by atoms with E-state index in [4.69, 9.17) is 14.6 Å². The smallest absolute Gasteiger partial charge is 0.226 e. The maximum atomic E-state index is 11.3. The quantitative estimate of drug-likeness (QED) is 0.623. The van der Waals surface area contributed by atoms with Crippen LogP contribution in [0.4, 0.5) is 5.69 Å². The molecule has 1 aromatic rings. The number of nitrogens with one attached hydrogen (secondary N) is 1. The molecule has 112 valence electrons. The van der Waals surface area contributed by atoms with Crippen molar-refractivity contribution in [3.05, 3.63) is 24.3 Å². The average molecular weight is 283 g/mol. The van der Waals surface area contributed by atoms with Gasteiger partial charge in [0, 0.05) is 12.3 Å². The second-order valence-electron chi connectivity index (χ2n) is 4.17. The maximum absolute atomic E-state index is 11.3. The molecule has 0 bridgehead atoms. The SMILES string of the molecule is CCOCC(O)COc1ccc(NC(=O)CCO)cc1. The predicted molar refractivity (Wildman–Crippen MR) is 74.8 cm³/mol. The van der Waals surface area contributed by atoms with Crippen LogP contribution < -0.4 is 10.1 Å². The van der Waals surface area contributed by atoms with Crippen LogP contribution in [-0.4, -0.2) is 48.7 Å². The lowest BCUT2D eigenvalue weighted by molar-refractivity contribution is -0.116. The van der Waals surface area contributed by atoms with Gasteiger partial charge in [0.15, 0.2) is 0 Å². The first-order valence-electron chi connectivity index (χ1n) is 6.55. The predicted octanol–water partition coefficient (Wildman–Crippen LogP) is 0.784. The molecule has 0 aliphatic heterocycles. The Labute approximate surface area is 118 Å². The molecule has 3 N–H and O–H groups in total. The first-order chi connectivity index (χ1) is 9.65. The van der Waals surface area contributed by atoms with Gasteiger partial charge in [-0.15, -0.1) is 0 Å². The van der Waals surface area contributed by atoms with E-state index in [9.17, 15) is 9.90 Å². The normalized spacial score (nSPS) is 11.9. The molecule has 0 saturated carbocycles. The fraction of sp³-hybridized carbons (Fsp3) is 0.500. The summed E-state index contributed by atoms with van der Waals surface area (Å²) in [7, 11) is 0. The zero-order valence-electron chi connectivity index (χ0n) is 11.5. The number of aliphatic hydroxyl groups excluding tert-OH is 2. The minimum Gasteiger partial charge on any atom is -0.491 e. The molecule has 6 heteroatoms. The number of benzene rings is 1. The van der Waals surface area contributed by atoms with E-state index in [2.05, 4.69) is 5.32 Å². The highest BCUT2D eigenvalue weighted by Crippen LogP contribution is 2.16. The number of hydrogen-bond donors (Lipinski definition) is 3. The lowest BCUT2D eigenvalue weighted by Gasteiger charge is -2.12. The Morgan fingerprint density at radius 1 is 1.30 bits per heavy atom. The molecule has 0 aromatic heterocycles. The molecule has 0 radical (unpaired) electrons. The highest BCUT2D eigenvalue weighted by Gasteiger charge is 2.05. The van der Waals surface area contributed by atoms with Crippen molar-refractivity contribution in [2.45, 2.75) is 19.4 Å². The third-order valence-electron chi connectivity index (χ3n) is 2.43. The number of anilines is 1. The van der Waals surface area contributed by atoms with Crippen molar-refractivity contribution in [2.75, 3.05) is 31.7 Å². The third-order valence-corrected chi connectivity index (χ3v) is 2.43. The Kier molecular flexibility index (Phi) is 7.64. The Bertz CT molecular complexity index is 393. The van der Waals surface area contributed by atoms with E-state index in [1.807, 2.05) is 6.92 Å². The number of hydrogen-bond acceptors (Lipinski definition) is 5. The number of ether oxygens (including phenoxy) is 2. The zero-order valence-corrected chi connectivity index (χ0v) is 11.5. The molecule has 0 saturated heterocycles. The van der Waals surface area contributed by atoms with Crippen molar-refractivity contribution in [1.29, 1.82) is 0 Å². The van der Waals surface area contributed by atoms with Crippen LogP contribution in [0.3, 0.4) is 0 Å². The van der Waals surface area contributed by atoms with Crippen LogP contribution in [0.1, 0.15) is 13.3 Å². The van der Waals surface area contributed by atoms with Gasteiger partial charge >= 0.3 is 0 Å². The van der Waals surface area contributed by atoms with E-state index < -0.39 is 6.10 Å². The molecular formula is C14H21NO5. The molecule has 1 unspecified atom stereocenters. The molecule has 0 aliphatic carbocycles. The molecule has 1 rings (SSSR count). The van der Waals surface area contributed by atoms with E-state index in [0.29, 0.717) is 18.0 Å². The summed E-state index contributed by atoms with van der Waals surface area (Å²) in [6, 6.07) is 6.78. The van der Waals surface area contributed by atoms with Crippen LogP contribution >= 0.6 is 0 Å². The fourth-order valence-corrected chi connectivity index (χ4v) is 1.45. The molecule has 1 atom stereocenters. The summed E-state index contributed by atoms with van der Waals surface area (Å²) >= 11 is 0. The standard InChI is InChI=1S/C14H21NO5/c1-2-19-9-12(17)10-20-13-5-3-11(4-6-13)15-14(18)7-8-16/h3-6,12,16-17H,2,7-10H2,1H3,(H,15,18). The molecule has 0 fully saturated rings. The number of rotatable bonds is 9. The first-order valence-corrected chi connectivity index (χ1v) is 6.55. The lowest BCUT2D eigenvalue weighted by atomic mass is 10.3. The Morgan fingerprint density at radius 2 is 2.00 bits per heavy atom. The Balaban J connectivity index is 2.36.